The van der Waals surface area contributed by atoms with E-state index in [1.807, 2.05) is 18.2 Å². The van der Waals surface area contributed by atoms with E-state index in [4.69, 9.17) is 5.73 Å². The van der Waals surface area contributed by atoms with Gasteiger partial charge in [0.05, 0.1) is 5.25 Å². The second-order valence-electron chi connectivity index (χ2n) is 7.82. The molecule has 2 aliphatic heterocycles. The number of nitrogens with two attached hydrogens (primary N) is 1. The highest BCUT2D eigenvalue weighted by atomic mass is 32.2. The number of nitrogen functional groups attached to an aromatic ring is 1. The lowest BCUT2D eigenvalue weighted by molar-refractivity contribution is 0.175. The molecule has 0 bridgehead atoms. The summed E-state index contributed by atoms with van der Waals surface area (Å²) >= 11 is 0. The second-order valence-corrected chi connectivity index (χ2v) is 10.3. The summed E-state index contributed by atoms with van der Waals surface area (Å²) < 4.78 is 26.2. The number of nitrogens with zero attached hydrogens (tertiary/aromatic N) is 3. The van der Waals surface area contributed by atoms with Crippen LogP contribution in [-0.4, -0.2) is 68.7 Å². The van der Waals surface area contributed by atoms with Crippen molar-refractivity contribution in [3.8, 4) is 0 Å². The Bertz CT molecular complexity index is 691. The molecule has 2 heterocycles. The minimum absolute atomic E-state index is 0.320. The monoisotopic (exact) mass is 380 g/mol. The lowest BCUT2D eigenvalue weighted by Crippen LogP contribution is -2.49. The fourth-order valence-corrected chi connectivity index (χ4v) is 5.24. The van der Waals surface area contributed by atoms with Crippen LogP contribution >= 0.6 is 0 Å². The van der Waals surface area contributed by atoms with E-state index in [2.05, 4.69) is 15.9 Å². The highest BCUT2D eigenvalue weighted by molar-refractivity contribution is 7.89. The van der Waals surface area contributed by atoms with Gasteiger partial charge in [0, 0.05) is 57.2 Å². The lowest BCUT2D eigenvalue weighted by Gasteiger charge is -2.39. The van der Waals surface area contributed by atoms with Crippen molar-refractivity contribution in [1.29, 1.82) is 0 Å². The van der Waals surface area contributed by atoms with E-state index in [9.17, 15) is 8.42 Å². The van der Waals surface area contributed by atoms with Gasteiger partial charge in [-0.25, -0.2) is 12.7 Å². The van der Waals surface area contributed by atoms with Gasteiger partial charge in [-0.2, -0.15) is 0 Å². The molecule has 2 aliphatic rings. The molecule has 2 saturated heterocycles. The summed E-state index contributed by atoms with van der Waals surface area (Å²) in [5.41, 5.74) is 7.91. The molecule has 6 nitrogen and oxygen atoms in total. The van der Waals surface area contributed by atoms with Gasteiger partial charge in [0.2, 0.25) is 10.0 Å². The van der Waals surface area contributed by atoms with Crippen LogP contribution in [0.2, 0.25) is 0 Å². The molecule has 26 heavy (non-hydrogen) atoms. The second kappa shape index (κ2) is 8.15. The van der Waals surface area contributed by atoms with Crippen molar-refractivity contribution >= 4 is 21.4 Å². The normalized spacial score (nSPS) is 21.4. The Morgan fingerprint density at radius 2 is 1.73 bits per heavy atom. The van der Waals surface area contributed by atoms with Crippen molar-refractivity contribution in [1.82, 2.24) is 9.21 Å². The minimum atomic E-state index is -3.10. The standard InChI is InChI=1S/C19H32N4O2S/c1-16(2)26(24,25)23-8-6-17(7-9-23)15-21-10-12-22(13-11-21)19-5-3-4-18(20)14-19/h3-5,14,16-17H,6-13,15,20H2,1-2H3. The summed E-state index contributed by atoms with van der Waals surface area (Å²) in [6.07, 6.45) is 1.95. The number of rotatable bonds is 5. The maximum Gasteiger partial charge on any atom is 0.216 e. The molecule has 0 amide bonds. The van der Waals surface area contributed by atoms with Crippen molar-refractivity contribution in [2.24, 2.45) is 5.92 Å². The number of anilines is 2. The minimum Gasteiger partial charge on any atom is -0.399 e. The predicted molar refractivity (Wildman–Crippen MR) is 108 cm³/mol. The van der Waals surface area contributed by atoms with E-state index in [1.54, 1.807) is 18.2 Å². The van der Waals surface area contributed by atoms with Crippen LogP contribution in [-0.2, 0) is 10.0 Å². The summed E-state index contributed by atoms with van der Waals surface area (Å²) in [6, 6.07) is 8.10. The first-order valence-corrected chi connectivity index (χ1v) is 11.2. The van der Waals surface area contributed by atoms with E-state index >= 15 is 0 Å². The van der Waals surface area contributed by atoms with Gasteiger partial charge in [-0.1, -0.05) is 6.07 Å². The Hall–Kier alpha value is -1.31. The Kier molecular flexibility index (Phi) is 6.10. The number of piperazine rings is 1. The molecule has 0 radical (unpaired) electrons. The third kappa shape index (κ3) is 4.50. The molecule has 0 spiro atoms. The van der Waals surface area contributed by atoms with Gasteiger partial charge in [-0.15, -0.1) is 0 Å². The summed E-state index contributed by atoms with van der Waals surface area (Å²) in [5, 5.41) is -0.320. The molecule has 0 saturated carbocycles. The van der Waals surface area contributed by atoms with Crippen LogP contribution in [0.15, 0.2) is 24.3 Å². The van der Waals surface area contributed by atoms with Gasteiger partial charge in [-0.05, 0) is 50.8 Å². The summed E-state index contributed by atoms with van der Waals surface area (Å²) in [4.78, 5) is 4.92. The molecule has 0 aromatic heterocycles. The molecular weight excluding hydrogens is 348 g/mol. The van der Waals surface area contributed by atoms with Crippen LogP contribution in [0.5, 0.6) is 0 Å². The first-order chi connectivity index (χ1) is 12.4. The predicted octanol–water partition coefficient (Wildman–Crippen LogP) is 1.84. The van der Waals surface area contributed by atoms with Gasteiger partial charge in [0.25, 0.3) is 0 Å². The van der Waals surface area contributed by atoms with Gasteiger partial charge < -0.3 is 10.6 Å². The van der Waals surface area contributed by atoms with E-state index in [1.165, 1.54) is 5.69 Å². The molecule has 0 unspecified atom stereocenters. The molecule has 146 valence electrons. The summed E-state index contributed by atoms with van der Waals surface area (Å²) in [7, 11) is -3.10. The lowest BCUT2D eigenvalue weighted by atomic mass is 9.97. The quantitative estimate of drug-likeness (QED) is 0.790. The van der Waals surface area contributed by atoms with Crippen LogP contribution in [0.25, 0.3) is 0 Å². The molecular formula is C19H32N4O2S. The van der Waals surface area contributed by atoms with E-state index < -0.39 is 10.0 Å². The number of piperidine rings is 1. The highest BCUT2D eigenvalue weighted by Crippen LogP contribution is 2.24. The first kappa shape index (κ1) is 19.5. The Balaban J connectivity index is 1.45. The fraction of sp³-hybridized carbons (Fsp3) is 0.684. The zero-order valence-electron chi connectivity index (χ0n) is 16.0. The number of hydrogen-bond donors (Lipinski definition) is 1. The van der Waals surface area contributed by atoms with Crippen LogP contribution in [0.3, 0.4) is 0 Å². The first-order valence-electron chi connectivity index (χ1n) is 9.68. The number of hydrogen-bond acceptors (Lipinski definition) is 5. The van der Waals surface area contributed by atoms with Gasteiger partial charge in [-0.3, -0.25) is 4.90 Å². The zero-order valence-corrected chi connectivity index (χ0v) is 16.8. The molecule has 0 atom stereocenters. The van der Waals surface area contributed by atoms with Crippen LogP contribution in [0.4, 0.5) is 11.4 Å². The average molecular weight is 381 g/mol. The highest BCUT2D eigenvalue weighted by Gasteiger charge is 2.31. The Labute approximate surface area is 158 Å². The molecule has 1 aromatic carbocycles. The van der Waals surface area contributed by atoms with Crippen LogP contribution in [0, 0.1) is 5.92 Å². The topological polar surface area (TPSA) is 69.9 Å². The van der Waals surface area contributed by atoms with E-state index in [0.29, 0.717) is 19.0 Å². The van der Waals surface area contributed by atoms with Gasteiger partial charge in [0.15, 0.2) is 0 Å². The third-order valence-corrected chi connectivity index (χ3v) is 7.93. The molecule has 0 aliphatic carbocycles. The van der Waals surface area contributed by atoms with Crippen molar-refractivity contribution in [3.63, 3.8) is 0 Å². The molecule has 2 N–H and O–H groups in total. The maximum absolute atomic E-state index is 12.3. The molecule has 7 heteroatoms. The Morgan fingerprint density at radius 1 is 1.08 bits per heavy atom. The van der Waals surface area contributed by atoms with Crippen molar-refractivity contribution in [2.75, 3.05) is 56.4 Å². The van der Waals surface area contributed by atoms with E-state index in [-0.39, 0.29) is 5.25 Å². The van der Waals surface area contributed by atoms with Crippen LogP contribution in [0.1, 0.15) is 26.7 Å². The molecule has 2 fully saturated rings. The van der Waals surface area contributed by atoms with E-state index in [0.717, 1.165) is 51.3 Å². The van der Waals surface area contributed by atoms with Crippen LogP contribution < -0.4 is 10.6 Å². The average Bonchev–Trinajstić information content (AvgIpc) is 2.63. The molecule has 1 aromatic rings. The summed E-state index contributed by atoms with van der Waals surface area (Å²) in [5.74, 6) is 0.604. The number of benzene rings is 1. The Morgan fingerprint density at radius 3 is 2.31 bits per heavy atom. The van der Waals surface area contributed by atoms with Crippen molar-refractivity contribution in [3.05, 3.63) is 24.3 Å². The third-order valence-electron chi connectivity index (χ3n) is 5.65. The largest absolute Gasteiger partial charge is 0.399 e. The SMILES string of the molecule is CC(C)S(=O)(=O)N1CCC(CN2CCN(c3cccc(N)c3)CC2)CC1. The van der Waals surface area contributed by atoms with Crippen molar-refractivity contribution < 1.29 is 8.42 Å². The maximum atomic E-state index is 12.3. The summed E-state index contributed by atoms with van der Waals surface area (Å²) in [6.45, 7) is 10.1. The van der Waals surface area contributed by atoms with Gasteiger partial charge >= 0.3 is 0 Å². The fourth-order valence-electron chi connectivity index (χ4n) is 3.92. The molecule has 3 rings (SSSR count). The van der Waals surface area contributed by atoms with Crippen molar-refractivity contribution in [2.45, 2.75) is 31.9 Å². The number of sulfonamides is 1. The smallest absolute Gasteiger partial charge is 0.216 e. The zero-order chi connectivity index (χ0) is 18.7. The van der Waals surface area contributed by atoms with Gasteiger partial charge in [0.1, 0.15) is 0 Å².